The summed E-state index contributed by atoms with van der Waals surface area (Å²) in [5.41, 5.74) is 0.421. The summed E-state index contributed by atoms with van der Waals surface area (Å²) in [6, 6.07) is 6.86. The number of pyridine rings is 1. The van der Waals surface area contributed by atoms with E-state index in [1.807, 2.05) is 6.26 Å². The van der Waals surface area contributed by atoms with Crippen LogP contribution in [-0.4, -0.2) is 54.1 Å². The average molecular weight is 453 g/mol. The van der Waals surface area contributed by atoms with Gasteiger partial charge in [-0.15, -0.1) is 0 Å². The lowest BCUT2D eigenvalue weighted by Crippen LogP contribution is -2.35. The van der Waals surface area contributed by atoms with E-state index in [4.69, 9.17) is 16.3 Å². The molecule has 1 fully saturated rings. The third-order valence-electron chi connectivity index (χ3n) is 4.17. The van der Waals surface area contributed by atoms with Crippen molar-refractivity contribution in [2.24, 2.45) is 0 Å². The molecule has 2 N–H and O–H groups in total. The summed E-state index contributed by atoms with van der Waals surface area (Å²) in [4.78, 5) is 41.1. The zero-order valence-electron chi connectivity index (χ0n) is 15.9. The van der Waals surface area contributed by atoms with Gasteiger partial charge in [-0.1, -0.05) is 11.6 Å². The number of aromatic nitrogens is 1. The summed E-state index contributed by atoms with van der Waals surface area (Å²) in [5, 5.41) is 5.46. The van der Waals surface area contributed by atoms with E-state index in [-0.39, 0.29) is 35.4 Å². The number of anilines is 2. The first-order valence-corrected chi connectivity index (χ1v) is 10.6. The SMILES string of the molecule is CSCC(=O)NC[C@H]1CN(c2ccc(C(=O)Nc3ccc(Cl)nc3)c(F)c2)C(=O)O1. The van der Waals surface area contributed by atoms with Crippen LogP contribution in [0.1, 0.15) is 10.4 Å². The standard InChI is InChI=1S/C19H18ClFN4O4S/c1-30-10-17(26)23-8-13-9-25(19(28)29-13)12-3-4-14(15(21)6-12)18(27)24-11-2-5-16(20)22-7-11/h2-7,13H,8-10H2,1H3,(H,23,26)(H,24,27)/t13-/m0/s1. The number of hydrogen-bond donors (Lipinski definition) is 2. The van der Waals surface area contributed by atoms with E-state index in [9.17, 15) is 18.8 Å². The zero-order valence-corrected chi connectivity index (χ0v) is 17.4. The number of halogens is 2. The maximum atomic E-state index is 14.5. The van der Waals surface area contributed by atoms with Gasteiger partial charge in [0.1, 0.15) is 17.1 Å². The van der Waals surface area contributed by atoms with Crippen LogP contribution in [0.25, 0.3) is 0 Å². The van der Waals surface area contributed by atoms with Crippen LogP contribution in [0, 0.1) is 5.82 Å². The molecule has 0 saturated carbocycles. The Bertz CT molecular complexity index is 960. The number of thioether (sulfide) groups is 1. The highest BCUT2D eigenvalue weighted by Crippen LogP contribution is 2.24. The second-order valence-corrected chi connectivity index (χ2v) is 7.59. The Hall–Kier alpha value is -2.85. The highest BCUT2D eigenvalue weighted by molar-refractivity contribution is 7.99. The molecule has 0 bridgehead atoms. The van der Waals surface area contributed by atoms with Crippen LogP contribution < -0.4 is 15.5 Å². The van der Waals surface area contributed by atoms with Crippen molar-refractivity contribution in [3.05, 3.63) is 53.1 Å². The smallest absolute Gasteiger partial charge is 0.414 e. The second-order valence-electron chi connectivity index (χ2n) is 6.34. The molecular weight excluding hydrogens is 435 g/mol. The Morgan fingerprint density at radius 2 is 2.17 bits per heavy atom. The summed E-state index contributed by atoms with van der Waals surface area (Å²) in [6.07, 6.45) is 1.96. The number of nitrogens with zero attached hydrogens (tertiary/aromatic N) is 2. The quantitative estimate of drug-likeness (QED) is 0.626. The Morgan fingerprint density at radius 1 is 1.37 bits per heavy atom. The monoisotopic (exact) mass is 452 g/mol. The van der Waals surface area contributed by atoms with Crippen LogP contribution >= 0.6 is 23.4 Å². The van der Waals surface area contributed by atoms with E-state index in [1.54, 1.807) is 0 Å². The third kappa shape index (κ3) is 5.39. The molecule has 158 valence electrons. The number of ether oxygens (including phenoxy) is 1. The molecule has 11 heteroatoms. The molecule has 30 heavy (non-hydrogen) atoms. The number of cyclic esters (lactones) is 1. The molecule has 1 saturated heterocycles. The molecular formula is C19H18ClFN4O4S. The van der Waals surface area contributed by atoms with E-state index >= 15 is 0 Å². The van der Waals surface area contributed by atoms with E-state index in [1.165, 1.54) is 47.1 Å². The molecule has 0 spiro atoms. The van der Waals surface area contributed by atoms with Gasteiger partial charge in [0.25, 0.3) is 5.91 Å². The van der Waals surface area contributed by atoms with Crippen LogP contribution in [0.15, 0.2) is 36.5 Å². The first-order chi connectivity index (χ1) is 14.4. The Kier molecular flexibility index (Phi) is 7.11. The van der Waals surface area contributed by atoms with Crippen molar-refractivity contribution in [3.63, 3.8) is 0 Å². The number of benzene rings is 1. The minimum atomic E-state index is -0.795. The van der Waals surface area contributed by atoms with Crippen LogP contribution in [0.2, 0.25) is 5.15 Å². The Morgan fingerprint density at radius 3 is 2.83 bits per heavy atom. The number of carbonyl (C=O) groups is 3. The van der Waals surface area contributed by atoms with Crippen molar-refractivity contribution < 1.29 is 23.5 Å². The number of nitrogens with one attached hydrogen (secondary N) is 2. The average Bonchev–Trinajstić information content (AvgIpc) is 3.09. The summed E-state index contributed by atoms with van der Waals surface area (Å²) in [6.45, 7) is 0.319. The molecule has 2 heterocycles. The fourth-order valence-corrected chi connectivity index (χ4v) is 3.23. The number of hydrogen-bond acceptors (Lipinski definition) is 6. The van der Waals surface area contributed by atoms with Crippen molar-refractivity contribution in [2.45, 2.75) is 6.10 Å². The van der Waals surface area contributed by atoms with E-state index in [0.717, 1.165) is 6.07 Å². The molecule has 1 aromatic carbocycles. The van der Waals surface area contributed by atoms with Gasteiger partial charge >= 0.3 is 6.09 Å². The predicted octanol–water partition coefficient (Wildman–Crippen LogP) is 2.93. The molecule has 0 aliphatic carbocycles. The van der Waals surface area contributed by atoms with Crippen LogP contribution in [0.4, 0.5) is 20.6 Å². The highest BCUT2D eigenvalue weighted by atomic mass is 35.5. The second kappa shape index (κ2) is 9.77. The fourth-order valence-electron chi connectivity index (χ4n) is 2.75. The molecule has 1 aliphatic heterocycles. The summed E-state index contributed by atoms with van der Waals surface area (Å²) in [5.74, 6) is -1.31. The topological polar surface area (TPSA) is 101 Å². The maximum Gasteiger partial charge on any atom is 0.414 e. The lowest BCUT2D eigenvalue weighted by Gasteiger charge is -2.14. The number of amides is 3. The Balaban J connectivity index is 1.64. The van der Waals surface area contributed by atoms with Gasteiger partial charge in [0, 0.05) is 0 Å². The first-order valence-electron chi connectivity index (χ1n) is 8.83. The van der Waals surface area contributed by atoms with Gasteiger partial charge in [-0.2, -0.15) is 11.8 Å². The molecule has 0 unspecified atom stereocenters. The molecule has 3 amide bonds. The van der Waals surface area contributed by atoms with E-state index < -0.39 is 23.9 Å². The van der Waals surface area contributed by atoms with Gasteiger partial charge in [-0.3, -0.25) is 14.5 Å². The summed E-state index contributed by atoms with van der Waals surface area (Å²) >= 11 is 7.08. The van der Waals surface area contributed by atoms with Crippen LogP contribution in [0.5, 0.6) is 0 Å². The van der Waals surface area contributed by atoms with Crippen molar-refractivity contribution in [3.8, 4) is 0 Å². The molecule has 0 radical (unpaired) electrons. The molecule has 1 atom stereocenters. The lowest BCUT2D eigenvalue weighted by atomic mass is 10.1. The first kappa shape index (κ1) is 21.8. The van der Waals surface area contributed by atoms with Gasteiger partial charge in [0.2, 0.25) is 5.91 Å². The van der Waals surface area contributed by atoms with Gasteiger partial charge in [-0.05, 0) is 36.6 Å². The fraction of sp³-hybridized carbons (Fsp3) is 0.263. The molecule has 3 rings (SSSR count). The van der Waals surface area contributed by atoms with Gasteiger partial charge in [-0.25, -0.2) is 14.2 Å². The zero-order chi connectivity index (χ0) is 21.7. The molecule has 8 nitrogen and oxygen atoms in total. The Labute approximate surface area is 181 Å². The molecule has 1 aromatic heterocycles. The largest absolute Gasteiger partial charge is 0.442 e. The van der Waals surface area contributed by atoms with Gasteiger partial charge in [0.15, 0.2) is 0 Å². The number of carbonyl (C=O) groups excluding carboxylic acids is 3. The van der Waals surface area contributed by atoms with Gasteiger partial charge < -0.3 is 15.4 Å². The maximum absolute atomic E-state index is 14.5. The van der Waals surface area contributed by atoms with Crippen molar-refractivity contribution in [2.75, 3.05) is 35.3 Å². The molecule has 1 aliphatic rings. The molecule has 2 aromatic rings. The minimum Gasteiger partial charge on any atom is -0.442 e. The lowest BCUT2D eigenvalue weighted by molar-refractivity contribution is -0.118. The van der Waals surface area contributed by atoms with Crippen molar-refractivity contribution in [1.82, 2.24) is 10.3 Å². The van der Waals surface area contributed by atoms with E-state index in [2.05, 4.69) is 15.6 Å². The predicted molar refractivity (Wildman–Crippen MR) is 113 cm³/mol. The van der Waals surface area contributed by atoms with E-state index in [0.29, 0.717) is 11.4 Å². The van der Waals surface area contributed by atoms with Crippen LogP contribution in [-0.2, 0) is 9.53 Å². The highest BCUT2D eigenvalue weighted by Gasteiger charge is 2.33. The number of rotatable bonds is 7. The van der Waals surface area contributed by atoms with Crippen molar-refractivity contribution >= 4 is 52.6 Å². The minimum absolute atomic E-state index is 0.153. The normalized spacial score (nSPS) is 15.6. The van der Waals surface area contributed by atoms with Gasteiger partial charge in [0.05, 0.1) is 42.0 Å². The van der Waals surface area contributed by atoms with Crippen LogP contribution in [0.3, 0.4) is 0 Å². The van der Waals surface area contributed by atoms with Crippen molar-refractivity contribution in [1.29, 1.82) is 0 Å². The summed E-state index contributed by atoms with van der Waals surface area (Å²) in [7, 11) is 0. The third-order valence-corrected chi connectivity index (χ3v) is 4.95. The summed E-state index contributed by atoms with van der Waals surface area (Å²) < 4.78 is 19.8.